The number of anilines is 2. The van der Waals surface area contributed by atoms with Gasteiger partial charge in [0.05, 0.1) is 5.69 Å². The summed E-state index contributed by atoms with van der Waals surface area (Å²) >= 11 is 6.71. The molecular weight excluding hydrogens is 421 g/mol. The maximum absolute atomic E-state index is 13.2. The molecule has 3 N–H and O–H groups in total. The van der Waals surface area contributed by atoms with E-state index in [0.29, 0.717) is 16.4 Å². The van der Waals surface area contributed by atoms with Crippen LogP contribution in [0, 0.1) is 5.82 Å². The normalized spacial score (nSPS) is 10.8. The number of fused-ring (bicyclic) bond motifs is 1. The summed E-state index contributed by atoms with van der Waals surface area (Å²) in [6, 6.07) is 11.0. The quantitative estimate of drug-likeness (QED) is 0.460. The Hall–Kier alpha value is -3.50. The number of amides is 2. The fraction of sp³-hybridized carbons (Fsp3) is 0. The van der Waals surface area contributed by atoms with Crippen LogP contribution in [0.3, 0.4) is 0 Å². The van der Waals surface area contributed by atoms with Gasteiger partial charge in [-0.25, -0.2) is 23.5 Å². The van der Waals surface area contributed by atoms with Gasteiger partial charge in [0, 0.05) is 10.7 Å². The number of hydrogen-bond acceptors (Lipinski definition) is 5. The zero-order valence-electron chi connectivity index (χ0n) is 14.4. The molecule has 0 unspecified atom stereocenters. The minimum Gasteiger partial charge on any atom is -0.308 e. The molecule has 8 nitrogen and oxygen atoms in total. The van der Waals surface area contributed by atoms with E-state index in [1.165, 1.54) is 24.3 Å². The number of carbonyl (C=O) groups excluding carboxylic acids is 1. The molecule has 0 aliphatic carbocycles. The van der Waals surface area contributed by atoms with Gasteiger partial charge in [-0.2, -0.15) is 0 Å². The Morgan fingerprint density at radius 3 is 2.45 bits per heavy atom. The summed E-state index contributed by atoms with van der Waals surface area (Å²) in [7, 11) is 0. The lowest BCUT2D eigenvalue weighted by molar-refractivity contribution is 0.262. The number of rotatable bonds is 3. The molecule has 4 aromatic rings. The van der Waals surface area contributed by atoms with Gasteiger partial charge in [-0.3, -0.25) is 15.1 Å². The monoisotopic (exact) mass is 431 g/mol. The minimum absolute atomic E-state index is 0.0529. The molecule has 0 atom stereocenters. The number of nitrogens with zero attached hydrogens (tertiary/aromatic N) is 2. The minimum atomic E-state index is -0.725. The predicted molar refractivity (Wildman–Crippen MR) is 110 cm³/mol. The Kier molecular flexibility index (Phi) is 4.87. The van der Waals surface area contributed by atoms with Crippen molar-refractivity contribution in [1.29, 1.82) is 0 Å². The second-order valence-electron chi connectivity index (χ2n) is 5.83. The van der Waals surface area contributed by atoms with Gasteiger partial charge >= 0.3 is 11.7 Å². The number of urea groups is 1. The molecular formula is C18H11ClFN5O3S. The number of H-pyrrole nitrogens is 1. The van der Waals surface area contributed by atoms with E-state index < -0.39 is 23.1 Å². The number of thiazole rings is 1. The molecule has 29 heavy (non-hydrogen) atoms. The van der Waals surface area contributed by atoms with Crippen LogP contribution >= 0.6 is 22.9 Å². The van der Waals surface area contributed by atoms with E-state index in [1.807, 2.05) is 0 Å². The van der Waals surface area contributed by atoms with Crippen molar-refractivity contribution in [2.24, 2.45) is 0 Å². The van der Waals surface area contributed by atoms with E-state index in [1.54, 1.807) is 24.3 Å². The smallest absolute Gasteiger partial charge is 0.308 e. The van der Waals surface area contributed by atoms with Crippen LogP contribution in [0.15, 0.2) is 58.1 Å². The maximum Gasteiger partial charge on any atom is 0.334 e. The van der Waals surface area contributed by atoms with Gasteiger partial charge in [0.1, 0.15) is 10.5 Å². The lowest BCUT2D eigenvalue weighted by Gasteiger charge is -2.06. The molecule has 0 saturated carbocycles. The molecule has 2 aromatic heterocycles. The largest absolute Gasteiger partial charge is 0.334 e. The zero-order valence-corrected chi connectivity index (χ0v) is 16.0. The van der Waals surface area contributed by atoms with Gasteiger partial charge < -0.3 is 5.32 Å². The van der Waals surface area contributed by atoms with Crippen molar-refractivity contribution in [2.75, 3.05) is 10.6 Å². The van der Waals surface area contributed by atoms with Crippen molar-refractivity contribution >= 4 is 50.1 Å². The molecule has 4 rings (SSSR count). The van der Waals surface area contributed by atoms with Gasteiger partial charge in [0.2, 0.25) is 0 Å². The first kappa shape index (κ1) is 18.8. The molecule has 0 radical (unpaired) electrons. The van der Waals surface area contributed by atoms with Crippen LogP contribution in [0.1, 0.15) is 0 Å². The zero-order chi connectivity index (χ0) is 20.5. The van der Waals surface area contributed by atoms with Gasteiger partial charge in [-0.15, -0.1) is 0 Å². The van der Waals surface area contributed by atoms with Crippen molar-refractivity contribution in [3.05, 3.63) is 80.2 Å². The molecule has 0 fully saturated rings. The van der Waals surface area contributed by atoms with Crippen LogP contribution in [-0.4, -0.2) is 20.6 Å². The first-order chi connectivity index (χ1) is 13.9. The number of hydrogen-bond donors (Lipinski definition) is 3. The van der Waals surface area contributed by atoms with Gasteiger partial charge in [0.25, 0.3) is 5.56 Å². The van der Waals surface area contributed by atoms with E-state index in [-0.39, 0.29) is 15.5 Å². The van der Waals surface area contributed by atoms with Crippen LogP contribution in [0.5, 0.6) is 0 Å². The van der Waals surface area contributed by atoms with Crippen molar-refractivity contribution in [2.45, 2.75) is 0 Å². The lowest BCUT2D eigenvalue weighted by atomic mass is 10.3. The third-order valence-electron chi connectivity index (χ3n) is 3.86. The van der Waals surface area contributed by atoms with Crippen LogP contribution in [0.4, 0.5) is 20.0 Å². The average molecular weight is 432 g/mol. The topological polar surface area (TPSA) is 109 Å². The van der Waals surface area contributed by atoms with Gasteiger partial charge in [-0.05, 0) is 48.5 Å². The number of benzene rings is 2. The number of halogens is 2. The second kappa shape index (κ2) is 7.49. The summed E-state index contributed by atoms with van der Waals surface area (Å²) in [4.78, 5) is 43.1. The van der Waals surface area contributed by atoms with Gasteiger partial charge in [0.15, 0.2) is 10.8 Å². The predicted octanol–water partition coefficient (Wildman–Crippen LogP) is 3.57. The van der Waals surface area contributed by atoms with Crippen molar-refractivity contribution in [3.8, 4) is 5.69 Å². The maximum atomic E-state index is 13.2. The molecule has 0 bridgehead atoms. The van der Waals surface area contributed by atoms with E-state index >= 15 is 0 Å². The highest BCUT2D eigenvalue weighted by atomic mass is 35.5. The number of aromatic nitrogens is 3. The average Bonchev–Trinajstić information content (AvgIpc) is 3.09. The van der Waals surface area contributed by atoms with Crippen LogP contribution in [-0.2, 0) is 0 Å². The molecule has 2 heterocycles. The number of nitrogens with one attached hydrogen (secondary N) is 3. The molecule has 0 aliphatic rings. The van der Waals surface area contributed by atoms with Gasteiger partial charge in [-0.1, -0.05) is 22.9 Å². The van der Waals surface area contributed by atoms with Crippen molar-refractivity contribution < 1.29 is 9.18 Å². The summed E-state index contributed by atoms with van der Waals surface area (Å²) < 4.78 is 14.5. The summed E-state index contributed by atoms with van der Waals surface area (Å²) in [5, 5.41) is 5.77. The Morgan fingerprint density at radius 2 is 1.76 bits per heavy atom. The van der Waals surface area contributed by atoms with Crippen molar-refractivity contribution in [1.82, 2.24) is 14.5 Å². The third kappa shape index (κ3) is 3.89. The number of aromatic amines is 1. The fourth-order valence-corrected chi connectivity index (χ4v) is 3.56. The first-order valence-corrected chi connectivity index (χ1v) is 9.35. The molecule has 11 heteroatoms. The highest BCUT2D eigenvalue weighted by Crippen LogP contribution is 2.24. The molecule has 0 saturated heterocycles. The van der Waals surface area contributed by atoms with E-state index in [0.717, 1.165) is 15.9 Å². The van der Waals surface area contributed by atoms with Crippen LogP contribution < -0.4 is 21.9 Å². The summed E-state index contributed by atoms with van der Waals surface area (Å²) in [6.07, 6.45) is 0. The summed E-state index contributed by atoms with van der Waals surface area (Å²) in [5.74, 6) is -0.470. The van der Waals surface area contributed by atoms with E-state index in [2.05, 4.69) is 20.6 Å². The Morgan fingerprint density at radius 1 is 1.07 bits per heavy atom. The molecule has 0 aliphatic heterocycles. The second-order valence-corrected chi connectivity index (χ2v) is 7.26. The highest BCUT2D eigenvalue weighted by Gasteiger charge is 2.16. The number of carbonyl (C=O) groups is 1. The molecule has 0 spiro atoms. The summed E-state index contributed by atoms with van der Waals surface area (Å²) in [6.45, 7) is 0. The van der Waals surface area contributed by atoms with E-state index in [9.17, 15) is 18.8 Å². The first-order valence-electron chi connectivity index (χ1n) is 8.16. The Labute approximate surface area is 170 Å². The fourth-order valence-electron chi connectivity index (χ4n) is 2.59. The van der Waals surface area contributed by atoms with Crippen molar-refractivity contribution in [3.63, 3.8) is 0 Å². The van der Waals surface area contributed by atoms with Crippen LogP contribution in [0.25, 0.3) is 16.0 Å². The third-order valence-corrected chi connectivity index (χ3v) is 5.07. The Balaban J connectivity index is 1.69. The molecule has 146 valence electrons. The lowest BCUT2D eigenvalue weighted by Crippen LogP contribution is -2.28. The highest BCUT2D eigenvalue weighted by molar-refractivity contribution is 7.22. The SMILES string of the molecule is O=C(Nc1ccc(Cl)cc1)Nc1nc2c(s1)c(=O)[nH]c(=O)n2-c1ccc(F)cc1. The van der Waals surface area contributed by atoms with Crippen LogP contribution in [0.2, 0.25) is 5.02 Å². The standard InChI is InChI=1S/C18H11ClFN5O3S/c19-9-1-5-11(6-2-9)21-16(27)24-17-22-14-13(29-17)15(26)23-18(28)25(14)12-7-3-10(20)4-8-12/h1-8H,(H,23,26,28)(H2,21,22,24,27). The van der Waals surface area contributed by atoms with E-state index in [4.69, 9.17) is 11.6 Å². The summed E-state index contributed by atoms with van der Waals surface area (Å²) in [5.41, 5.74) is -0.477. The molecule has 2 amide bonds. The molecule has 2 aromatic carbocycles. The Bertz CT molecular complexity index is 1330.